The molecule has 1 aliphatic heterocycles. The molecule has 3 nitrogen and oxygen atoms in total. The lowest BCUT2D eigenvalue weighted by molar-refractivity contribution is -0.122. The Bertz CT molecular complexity index is 376. The largest absolute Gasteiger partial charge is 0.472 e. The molecule has 2 unspecified atom stereocenters. The molecule has 2 heterocycles. The van der Waals surface area contributed by atoms with E-state index in [1.54, 1.807) is 12.5 Å². The van der Waals surface area contributed by atoms with Crippen molar-refractivity contribution in [1.82, 2.24) is 0 Å². The summed E-state index contributed by atoms with van der Waals surface area (Å²) in [5.41, 5.74) is 1.90. The van der Waals surface area contributed by atoms with E-state index in [1.807, 2.05) is 31.2 Å². The van der Waals surface area contributed by atoms with Gasteiger partial charge in [0.15, 0.2) is 6.29 Å². The minimum Gasteiger partial charge on any atom is -0.472 e. The normalized spacial score (nSPS) is 26.0. The van der Waals surface area contributed by atoms with E-state index in [0.29, 0.717) is 0 Å². The smallest absolute Gasteiger partial charge is 0.178 e. The van der Waals surface area contributed by atoms with Crippen molar-refractivity contribution in [2.75, 3.05) is 0 Å². The van der Waals surface area contributed by atoms with E-state index in [1.165, 1.54) is 0 Å². The second-order valence-electron chi connectivity index (χ2n) is 3.82. The molecule has 0 spiro atoms. The van der Waals surface area contributed by atoms with Gasteiger partial charge in [0.1, 0.15) is 0 Å². The van der Waals surface area contributed by atoms with E-state index in [9.17, 15) is 5.11 Å². The molecule has 16 heavy (non-hydrogen) atoms. The third-order valence-corrected chi connectivity index (χ3v) is 2.71. The number of furan rings is 1. The van der Waals surface area contributed by atoms with Crippen LogP contribution in [0, 0.1) is 0 Å². The predicted octanol–water partition coefficient (Wildman–Crippen LogP) is 2.95. The molecular formula is C13H16O3. The van der Waals surface area contributed by atoms with Crippen LogP contribution in [-0.2, 0) is 4.74 Å². The summed E-state index contributed by atoms with van der Waals surface area (Å²) in [4.78, 5) is 0. The molecule has 0 amide bonds. The lowest BCUT2D eigenvalue weighted by Gasteiger charge is -2.26. The Hall–Kier alpha value is -1.32. The topological polar surface area (TPSA) is 42.6 Å². The van der Waals surface area contributed by atoms with E-state index in [0.717, 1.165) is 24.0 Å². The number of hydrogen-bond acceptors (Lipinski definition) is 3. The quantitative estimate of drug-likeness (QED) is 0.796. The third-order valence-electron chi connectivity index (χ3n) is 2.71. The van der Waals surface area contributed by atoms with Gasteiger partial charge in [-0.2, -0.15) is 0 Å². The molecule has 1 N–H and O–H groups in total. The van der Waals surface area contributed by atoms with Gasteiger partial charge in [-0.15, -0.1) is 0 Å². The van der Waals surface area contributed by atoms with Crippen LogP contribution in [0.3, 0.4) is 0 Å². The number of aliphatic hydroxyl groups excluding tert-OH is 1. The first kappa shape index (κ1) is 11.2. The Balaban J connectivity index is 2.03. The summed E-state index contributed by atoms with van der Waals surface area (Å²) >= 11 is 0. The first-order chi connectivity index (χ1) is 7.81. The Labute approximate surface area is 95.0 Å². The monoisotopic (exact) mass is 220 g/mol. The van der Waals surface area contributed by atoms with Gasteiger partial charge in [0.05, 0.1) is 18.6 Å². The highest BCUT2D eigenvalue weighted by molar-refractivity contribution is 5.18. The summed E-state index contributed by atoms with van der Waals surface area (Å²) < 4.78 is 10.5. The molecule has 1 aromatic heterocycles. The fraction of sp³-hybridized carbons (Fsp3) is 0.385. The van der Waals surface area contributed by atoms with Crippen molar-refractivity contribution in [2.45, 2.75) is 32.2 Å². The molecule has 1 aromatic rings. The van der Waals surface area contributed by atoms with Crippen molar-refractivity contribution in [3.05, 3.63) is 48.0 Å². The fourth-order valence-electron chi connectivity index (χ4n) is 1.77. The molecule has 0 aromatic carbocycles. The van der Waals surface area contributed by atoms with Crippen molar-refractivity contribution < 1.29 is 14.3 Å². The zero-order chi connectivity index (χ0) is 11.4. The van der Waals surface area contributed by atoms with Crippen molar-refractivity contribution >= 4 is 0 Å². The summed E-state index contributed by atoms with van der Waals surface area (Å²) in [5.74, 6) is 0. The van der Waals surface area contributed by atoms with E-state index in [4.69, 9.17) is 9.15 Å². The van der Waals surface area contributed by atoms with Gasteiger partial charge in [-0.05, 0) is 31.4 Å². The maximum Gasteiger partial charge on any atom is 0.178 e. The number of ether oxygens (including phenoxy) is 1. The number of rotatable bonds is 3. The molecule has 0 saturated heterocycles. The summed E-state index contributed by atoms with van der Waals surface area (Å²) in [6, 6.07) is 1.86. The van der Waals surface area contributed by atoms with Crippen molar-refractivity contribution in [3.8, 4) is 0 Å². The summed E-state index contributed by atoms with van der Waals surface area (Å²) in [6.07, 6.45) is 9.93. The van der Waals surface area contributed by atoms with Gasteiger partial charge in [0.2, 0.25) is 0 Å². The highest BCUT2D eigenvalue weighted by atomic mass is 16.6. The highest BCUT2D eigenvalue weighted by Crippen LogP contribution is 2.31. The van der Waals surface area contributed by atoms with Crippen molar-refractivity contribution in [3.63, 3.8) is 0 Å². The van der Waals surface area contributed by atoms with E-state index < -0.39 is 6.29 Å². The van der Waals surface area contributed by atoms with Gasteiger partial charge >= 0.3 is 0 Å². The van der Waals surface area contributed by atoms with E-state index >= 15 is 0 Å². The van der Waals surface area contributed by atoms with Gasteiger partial charge in [0.25, 0.3) is 0 Å². The summed E-state index contributed by atoms with van der Waals surface area (Å²) in [6.45, 7) is 1.96. The van der Waals surface area contributed by atoms with Crippen LogP contribution in [0.15, 0.2) is 46.8 Å². The Morgan fingerprint density at radius 1 is 1.56 bits per heavy atom. The zero-order valence-electron chi connectivity index (χ0n) is 9.30. The molecule has 86 valence electrons. The average Bonchev–Trinajstić information content (AvgIpc) is 2.81. The lowest BCUT2D eigenvalue weighted by atomic mass is 10.0. The minimum absolute atomic E-state index is 0.0943. The molecule has 0 aliphatic carbocycles. The lowest BCUT2D eigenvalue weighted by Crippen LogP contribution is -2.22. The molecule has 0 radical (unpaired) electrons. The number of allylic oxidation sites excluding steroid dienone is 2. The van der Waals surface area contributed by atoms with Crippen LogP contribution in [0.25, 0.3) is 0 Å². The maximum atomic E-state index is 9.81. The van der Waals surface area contributed by atoms with Crippen LogP contribution in [0.5, 0.6) is 0 Å². The SMILES string of the molecule is C/C=C/CC1=CCC(c2ccoc2)OC1O. The third kappa shape index (κ3) is 2.43. The van der Waals surface area contributed by atoms with Gasteiger partial charge in [-0.3, -0.25) is 0 Å². The molecule has 3 heteroatoms. The van der Waals surface area contributed by atoms with E-state index in [2.05, 4.69) is 0 Å². The first-order valence-electron chi connectivity index (χ1n) is 5.47. The maximum absolute atomic E-state index is 9.81. The Kier molecular flexibility index (Phi) is 3.59. The minimum atomic E-state index is -0.801. The predicted molar refractivity (Wildman–Crippen MR) is 60.7 cm³/mol. The van der Waals surface area contributed by atoms with Crippen LogP contribution in [0.2, 0.25) is 0 Å². The van der Waals surface area contributed by atoms with Gasteiger partial charge in [0, 0.05) is 5.56 Å². The highest BCUT2D eigenvalue weighted by Gasteiger charge is 2.23. The first-order valence-corrected chi connectivity index (χ1v) is 5.47. The van der Waals surface area contributed by atoms with Crippen LogP contribution in [-0.4, -0.2) is 11.4 Å². The second-order valence-corrected chi connectivity index (χ2v) is 3.82. The summed E-state index contributed by atoms with van der Waals surface area (Å²) in [7, 11) is 0. The van der Waals surface area contributed by atoms with Crippen LogP contribution < -0.4 is 0 Å². The van der Waals surface area contributed by atoms with Crippen molar-refractivity contribution in [2.24, 2.45) is 0 Å². The molecule has 0 saturated carbocycles. The Morgan fingerprint density at radius 3 is 3.06 bits per heavy atom. The van der Waals surface area contributed by atoms with Crippen LogP contribution in [0.4, 0.5) is 0 Å². The molecule has 1 aliphatic rings. The molecule has 2 atom stereocenters. The Morgan fingerprint density at radius 2 is 2.44 bits per heavy atom. The molecule has 0 fully saturated rings. The number of hydrogen-bond donors (Lipinski definition) is 1. The zero-order valence-corrected chi connectivity index (χ0v) is 9.30. The second kappa shape index (κ2) is 5.14. The van der Waals surface area contributed by atoms with Gasteiger partial charge < -0.3 is 14.3 Å². The van der Waals surface area contributed by atoms with Gasteiger partial charge in [-0.25, -0.2) is 0 Å². The average molecular weight is 220 g/mol. The molecule has 2 rings (SSSR count). The van der Waals surface area contributed by atoms with Crippen LogP contribution in [0.1, 0.15) is 31.4 Å². The van der Waals surface area contributed by atoms with E-state index in [-0.39, 0.29) is 6.10 Å². The molecule has 0 bridgehead atoms. The number of aliphatic hydroxyl groups is 1. The standard InChI is InChI=1S/C13H16O3/c1-2-3-4-10-5-6-12(16-13(10)14)11-7-8-15-9-11/h2-3,5,7-9,12-14H,4,6H2,1H3/b3-2+. The van der Waals surface area contributed by atoms with Crippen LogP contribution >= 0.6 is 0 Å². The fourth-order valence-corrected chi connectivity index (χ4v) is 1.77. The van der Waals surface area contributed by atoms with Crippen molar-refractivity contribution in [1.29, 1.82) is 0 Å². The summed E-state index contributed by atoms with van der Waals surface area (Å²) in [5, 5.41) is 9.81. The van der Waals surface area contributed by atoms with Gasteiger partial charge in [-0.1, -0.05) is 18.2 Å². The molecular weight excluding hydrogens is 204 g/mol.